The maximum atomic E-state index is 13.2. The molecule has 0 spiro atoms. The molecule has 1 N–H and O–H groups in total. The van der Waals surface area contributed by atoms with Crippen LogP contribution in [0.1, 0.15) is 25.0 Å². The van der Waals surface area contributed by atoms with Gasteiger partial charge in [-0.2, -0.15) is 24.9 Å². The second-order valence-electron chi connectivity index (χ2n) is 4.91. The number of nitrogens with one attached hydrogen (secondary N) is 1. The molecule has 19 heavy (non-hydrogen) atoms. The van der Waals surface area contributed by atoms with E-state index in [0.29, 0.717) is 18.2 Å². The first-order chi connectivity index (χ1) is 8.64. The Labute approximate surface area is 114 Å². The summed E-state index contributed by atoms with van der Waals surface area (Å²) in [6, 6.07) is 2.60. The van der Waals surface area contributed by atoms with Gasteiger partial charge in [0.2, 0.25) is 0 Å². The minimum Gasteiger partial charge on any atom is -0.311 e. The second kappa shape index (κ2) is 6.13. The van der Waals surface area contributed by atoms with Crippen LogP contribution in [0.3, 0.4) is 0 Å². The molecule has 0 amide bonds. The van der Waals surface area contributed by atoms with E-state index >= 15 is 0 Å². The van der Waals surface area contributed by atoms with Crippen molar-refractivity contribution in [2.24, 2.45) is 0 Å². The van der Waals surface area contributed by atoms with E-state index in [0.717, 1.165) is 12.1 Å². The Morgan fingerprint density at radius 2 is 1.79 bits per heavy atom. The SMILES string of the molecule is CSC(C)(C)CNCc1cc(F)cc(C(F)(F)F)c1. The summed E-state index contributed by atoms with van der Waals surface area (Å²) in [4.78, 5) is 0. The van der Waals surface area contributed by atoms with E-state index in [4.69, 9.17) is 0 Å². The molecule has 0 radical (unpaired) electrons. The van der Waals surface area contributed by atoms with Crippen molar-refractivity contribution >= 4 is 11.8 Å². The molecule has 1 rings (SSSR count). The molecule has 0 aliphatic carbocycles. The van der Waals surface area contributed by atoms with Crippen molar-refractivity contribution < 1.29 is 17.6 Å². The summed E-state index contributed by atoms with van der Waals surface area (Å²) in [5, 5.41) is 3.04. The van der Waals surface area contributed by atoms with Gasteiger partial charge in [-0.3, -0.25) is 0 Å². The van der Waals surface area contributed by atoms with Gasteiger partial charge < -0.3 is 5.32 Å². The Bertz CT molecular complexity index is 429. The predicted octanol–water partition coefficient (Wildman–Crippen LogP) is 4.08. The van der Waals surface area contributed by atoms with E-state index in [9.17, 15) is 17.6 Å². The molecule has 0 aliphatic heterocycles. The lowest BCUT2D eigenvalue weighted by molar-refractivity contribution is -0.137. The van der Waals surface area contributed by atoms with Gasteiger partial charge in [-0.15, -0.1) is 0 Å². The molecule has 0 aliphatic rings. The van der Waals surface area contributed by atoms with Gasteiger partial charge in [-0.25, -0.2) is 4.39 Å². The number of benzene rings is 1. The van der Waals surface area contributed by atoms with Gasteiger partial charge in [0, 0.05) is 17.8 Å². The standard InChI is InChI=1S/C13H17F4NS/c1-12(2,19-3)8-18-7-9-4-10(13(15,16)17)6-11(14)5-9/h4-6,18H,7-8H2,1-3H3. The maximum absolute atomic E-state index is 13.2. The van der Waals surface area contributed by atoms with Crippen molar-refractivity contribution in [3.05, 3.63) is 35.1 Å². The Morgan fingerprint density at radius 3 is 2.32 bits per heavy atom. The molecule has 0 atom stereocenters. The topological polar surface area (TPSA) is 12.0 Å². The van der Waals surface area contributed by atoms with Gasteiger partial charge in [0.1, 0.15) is 5.82 Å². The zero-order valence-corrected chi connectivity index (χ0v) is 11.9. The molecular weight excluding hydrogens is 278 g/mol. The van der Waals surface area contributed by atoms with E-state index < -0.39 is 17.6 Å². The van der Waals surface area contributed by atoms with Crippen LogP contribution in [-0.2, 0) is 12.7 Å². The van der Waals surface area contributed by atoms with E-state index in [-0.39, 0.29) is 11.3 Å². The normalized spacial score (nSPS) is 12.8. The van der Waals surface area contributed by atoms with E-state index in [2.05, 4.69) is 5.32 Å². The molecule has 0 fully saturated rings. The van der Waals surface area contributed by atoms with Crippen molar-refractivity contribution in [2.75, 3.05) is 12.8 Å². The number of hydrogen-bond acceptors (Lipinski definition) is 2. The summed E-state index contributed by atoms with van der Waals surface area (Å²) < 4.78 is 50.7. The summed E-state index contributed by atoms with van der Waals surface area (Å²) in [5.74, 6) is -0.865. The van der Waals surface area contributed by atoms with Crippen molar-refractivity contribution in [1.29, 1.82) is 0 Å². The molecule has 0 unspecified atom stereocenters. The van der Waals surface area contributed by atoms with Crippen LogP contribution in [0.2, 0.25) is 0 Å². The lowest BCUT2D eigenvalue weighted by Gasteiger charge is -2.22. The molecule has 0 aromatic heterocycles. The molecular formula is C13H17F4NS. The minimum atomic E-state index is -4.52. The van der Waals surface area contributed by atoms with Gasteiger partial charge in [0.25, 0.3) is 0 Å². The van der Waals surface area contributed by atoms with Gasteiger partial charge in [0.15, 0.2) is 0 Å². The van der Waals surface area contributed by atoms with Crippen LogP contribution >= 0.6 is 11.8 Å². The highest BCUT2D eigenvalue weighted by Gasteiger charge is 2.31. The second-order valence-corrected chi connectivity index (χ2v) is 6.43. The summed E-state index contributed by atoms with van der Waals surface area (Å²) in [7, 11) is 0. The van der Waals surface area contributed by atoms with Gasteiger partial charge >= 0.3 is 6.18 Å². The average molecular weight is 295 g/mol. The van der Waals surface area contributed by atoms with Crippen molar-refractivity contribution in [3.63, 3.8) is 0 Å². The van der Waals surface area contributed by atoms with Crippen molar-refractivity contribution in [2.45, 2.75) is 31.3 Å². The van der Waals surface area contributed by atoms with Crippen molar-refractivity contribution in [1.82, 2.24) is 5.32 Å². The number of rotatable bonds is 5. The first kappa shape index (κ1) is 16.3. The summed E-state index contributed by atoms with van der Waals surface area (Å²) in [6.45, 7) is 4.89. The fourth-order valence-electron chi connectivity index (χ4n) is 1.50. The Kier molecular flexibility index (Phi) is 5.26. The van der Waals surface area contributed by atoms with Crippen molar-refractivity contribution in [3.8, 4) is 0 Å². The van der Waals surface area contributed by atoms with Gasteiger partial charge in [0.05, 0.1) is 5.56 Å². The molecule has 0 saturated carbocycles. The van der Waals surface area contributed by atoms with Gasteiger partial charge in [-0.05, 0) is 43.9 Å². The molecule has 0 saturated heterocycles. The predicted molar refractivity (Wildman–Crippen MR) is 70.7 cm³/mol. The van der Waals surface area contributed by atoms with Crippen LogP contribution < -0.4 is 5.32 Å². The first-order valence-corrected chi connectivity index (χ1v) is 6.99. The molecule has 0 bridgehead atoms. The highest BCUT2D eigenvalue weighted by Crippen LogP contribution is 2.30. The highest BCUT2D eigenvalue weighted by molar-refractivity contribution is 7.99. The molecule has 1 aromatic carbocycles. The summed E-state index contributed by atoms with van der Waals surface area (Å²) >= 11 is 1.66. The Balaban J connectivity index is 2.72. The molecule has 6 heteroatoms. The van der Waals surface area contributed by atoms with Crippen LogP contribution in [0.15, 0.2) is 18.2 Å². The van der Waals surface area contributed by atoms with Crippen LogP contribution in [0.25, 0.3) is 0 Å². The first-order valence-electron chi connectivity index (χ1n) is 5.76. The smallest absolute Gasteiger partial charge is 0.311 e. The fraction of sp³-hybridized carbons (Fsp3) is 0.538. The zero-order chi connectivity index (χ0) is 14.7. The highest BCUT2D eigenvalue weighted by atomic mass is 32.2. The monoisotopic (exact) mass is 295 g/mol. The molecule has 0 heterocycles. The van der Waals surface area contributed by atoms with E-state index in [1.54, 1.807) is 11.8 Å². The van der Waals surface area contributed by atoms with E-state index in [1.165, 1.54) is 0 Å². The molecule has 108 valence electrons. The Morgan fingerprint density at radius 1 is 1.16 bits per heavy atom. The lowest BCUT2D eigenvalue weighted by atomic mass is 10.1. The number of alkyl halides is 3. The largest absolute Gasteiger partial charge is 0.416 e. The number of hydrogen-bond donors (Lipinski definition) is 1. The third-order valence-corrected chi connectivity index (χ3v) is 3.97. The van der Waals surface area contributed by atoms with Gasteiger partial charge in [-0.1, -0.05) is 0 Å². The molecule has 1 aromatic rings. The Hall–Kier alpha value is -0.750. The average Bonchev–Trinajstić information content (AvgIpc) is 2.27. The maximum Gasteiger partial charge on any atom is 0.416 e. The quantitative estimate of drug-likeness (QED) is 0.822. The lowest BCUT2D eigenvalue weighted by Crippen LogP contribution is -2.31. The minimum absolute atomic E-state index is 0.0137. The van der Waals surface area contributed by atoms with Crippen LogP contribution in [0.4, 0.5) is 17.6 Å². The summed E-state index contributed by atoms with van der Waals surface area (Å²) in [6.07, 6.45) is -2.55. The van der Waals surface area contributed by atoms with Crippen LogP contribution in [0, 0.1) is 5.82 Å². The zero-order valence-electron chi connectivity index (χ0n) is 11.1. The van der Waals surface area contributed by atoms with Crippen LogP contribution in [0.5, 0.6) is 0 Å². The number of halogens is 4. The number of thioether (sulfide) groups is 1. The van der Waals surface area contributed by atoms with Crippen LogP contribution in [-0.4, -0.2) is 17.5 Å². The third-order valence-electron chi connectivity index (χ3n) is 2.72. The summed E-state index contributed by atoms with van der Waals surface area (Å²) in [5.41, 5.74) is -0.655. The fourth-order valence-corrected chi connectivity index (χ4v) is 1.74. The van der Waals surface area contributed by atoms with E-state index in [1.807, 2.05) is 20.1 Å². The molecule has 1 nitrogen and oxygen atoms in total. The third kappa shape index (κ3) is 5.40.